The predicted molar refractivity (Wildman–Crippen MR) is 54.3 cm³/mol. The second kappa shape index (κ2) is 4.47. The zero-order valence-electron chi connectivity index (χ0n) is 9.36. The summed E-state index contributed by atoms with van der Waals surface area (Å²) in [5.74, 6) is -0.644. The Hall–Kier alpha value is -0.650. The van der Waals surface area contributed by atoms with Crippen LogP contribution < -0.4 is 5.32 Å². The average molecular weight is 217 g/mol. The topological polar surface area (TPSA) is 78.8 Å². The van der Waals surface area contributed by atoms with Crippen LogP contribution in [0.4, 0.5) is 0 Å². The van der Waals surface area contributed by atoms with Crippen molar-refractivity contribution < 1.29 is 19.7 Å². The van der Waals surface area contributed by atoms with Gasteiger partial charge in [-0.3, -0.25) is 0 Å². The highest BCUT2D eigenvalue weighted by atomic mass is 16.6. The Kier molecular flexibility index (Phi) is 3.70. The molecule has 0 aromatic carbocycles. The van der Waals surface area contributed by atoms with Gasteiger partial charge in [-0.25, -0.2) is 4.79 Å². The maximum absolute atomic E-state index is 11.5. The van der Waals surface area contributed by atoms with Gasteiger partial charge in [-0.15, -0.1) is 0 Å². The molecule has 0 aliphatic carbocycles. The number of aliphatic hydroxyl groups is 2. The van der Waals surface area contributed by atoms with E-state index >= 15 is 0 Å². The molecule has 1 saturated heterocycles. The summed E-state index contributed by atoms with van der Waals surface area (Å²) in [7, 11) is 0. The van der Waals surface area contributed by atoms with Crippen LogP contribution in [0.25, 0.3) is 0 Å². The summed E-state index contributed by atoms with van der Waals surface area (Å²) in [4.78, 5) is 11.5. The monoisotopic (exact) mass is 217 g/mol. The minimum Gasteiger partial charge on any atom is -0.458 e. The molecule has 88 valence electrons. The van der Waals surface area contributed by atoms with Crippen LogP contribution >= 0.6 is 0 Å². The third-order valence-electron chi connectivity index (χ3n) is 2.17. The summed E-state index contributed by atoms with van der Waals surface area (Å²) in [6.45, 7) is 5.64. The van der Waals surface area contributed by atoms with Crippen molar-refractivity contribution in [2.45, 2.75) is 51.0 Å². The van der Waals surface area contributed by atoms with E-state index in [9.17, 15) is 15.0 Å². The minimum absolute atomic E-state index is 0.375. The van der Waals surface area contributed by atoms with Crippen molar-refractivity contribution in [3.63, 3.8) is 0 Å². The molecule has 3 atom stereocenters. The Labute approximate surface area is 89.4 Å². The van der Waals surface area contributed by atoms with Crippen LogP contribution in [0.2, 0.25) is 0 Å². The molecule has 0 aromatic rings. The zero-order valence-corrected chi connectivity index (χ0v) is 9.36. The van der Waals surface area contributed by atoms with Crippen molar-refractivity contribution in [3.8, 4) is 0 Å². The summed E-state index contributed by atoms with van der Waals surface area (Å²) < 4.78 is 5.04. The number of β-amino-alcohol motifs (C(OH)–C–C–N with tert-alkyl or cyclic N) is 1. The molecule has 0 saturated carbocycles. The standard InChI is InChI=1S/C10H19NO4/c1-10(2,3)15-9(14)8(13)7-4-6(12)5-11-7/h6-8,11-13H,4-5H2,1-3H3/t6-,7+,8?/m1/s1. The fourth-order valence-corrected chi connectivity index (χ4v) is 1.51. The van der Waals surface area contributed by atoms with E-state index in [0.29, 0.717) is 13.0 Å². The summed E-state index contributed by atoms with van der Waals surface area (Å²) in [5, 5.41) is 21.8. The van der Waals surface area contributed by atoms with Crippen LogP contribution in [0.1, 0.15) is 27.2 Å². The molecular formula is C10H19NO4. The smallest absolute Gasteiger partial charge is 0.337 e. The van der Waals surface area contributed by atoms with Crippen LogP contribution in [-0.2, 0) is 9.53 Å². The first-order valence-electron chi connectivity index (χ1n) is 5.12. The molecule has 1 heterocycles. The van der Waals surface area contributed by atoms with Crippen molar-refractivity contribution in [1.29, 1.82) is 0 Å². The van der Waals surface area contributed by atoms with E-state index in [0.717, 1.165) is 0 Å². The number of carbonyl (C=O) groups excluding carboxylic acids is 1. The van der Waals surface area contributed by atoms with Crippen LogP contribution in [0.15, 0.2) is 0 Å². The lowest BCUT2D eigenvalue weighted by Crippen LogP contribution is -2.43. The van der Waals surface area contributed by atoms with Gasteiger partial charge < -0.3 is 20.3 Å². The normalized spacial score (nSPS) is 28.9. The van der Waals surface area contributed by atoms with E-state index in [1.54, 1.807) is 20.8 Å². The fraction of sp³-hybridized carbons (Fsp3) is 0.900. The van der Waals surface area contributed by atoms with Gasteiger partial charge in [-0.05, 0) is 27.2 Å². The van der Waals surface area contributed by atoms with E-state index in [1.807, 2.05) is 0 Å². The molecule has 1 rings (SSSR count). The molecule has 1 aliphatic heterocycles. The number of hydrogen-bond donors (Lipinski definition) is 3. The second-order valence-corrected chi connectivity index (χ2v) is 4.88. The van der Waals surface area contributed by atoms with Crippen LogP contribution in [0, 0.1) is 0 Å². The third-order valence-corrected chi connectivity index (χ3v) is 2.17. The molecule has 1 aliphatic rings. The number of aliphatic hydroxyl groups excluding tert-OH is 2. The van der Waals surface area contributed by atoms with Gasteiger partial charge >= 0.3 is 5.97 Å². The molecule has 0 bridgehead atoms. The average Bonchev–Trinajstić information content (AvgIpc) is 2.47. The quantitative estimate of drug-likeness (QED) is 0.539. The molecule has 0 amide bonds. The summed E-state index contributed by atoms with van der Waals surface area (Å²) in [6, 6.07) is -0.408. The van der Waals surface area contributed by atoms with Gasteiger partial charge in [-0.2, -0.15) is 0 Å². The van der Waals surface area contributed by atoms with Gasteiger partial charge in [-0.1, -0.05) is 0 Å². The van der Waals surface area contributed by atoms with E-state index in [4.69, 9.17) is 4.74 Å². The number of rotatable bonds is 2. The lowest BCUT2D eigenvalue weighted by Gasteiger charge is -2.24. The molecule has 3 N–H and O–H groups in total. The highest BCUT2D eigenvalue weighted by Crippen LogP contribution is 2.14. The minimum atomic E-state index is -1.21. The highest BCUT2D eigenvalue weighted by molar-refractivity contribution is 5.75. The van der Waals surface area contributed by atoms with Gasteiger partial charge in [0.1, 0.15) is 5.60 Å². The molecule has 1 unspecified atom stereocenters. The number of ether oxygens (including phenoxy) is 1. The van der Waals surface area contributed by atoms with E-state index in [2.05, 4.69) is 5.32 Å². The maximum Gasteiger partial charge on any atom is 0.337 e. The zero-order chi connectivity index (χ0) is 11.6. The first-order chi connectivity index (χ1) is 6.79. The van der Waals surface area contributed by atoms with Crippen molar-refractivity contribution in [2.75, 3.05) is 6.54 Å². The molecule has 0 aromatic heterocycles. The van der Waals surface area contributed by atoms with Crippen molar-refractivity contribution in [3.05, 3.63) is 0 Å². The van der Waals surface area contributed by atoms with Gasteiger partial charge in [0.2, 0.25) is 0 Å². The SMILES string of the molecule is CC(C)(C)OC(=O)C(O)[C@@H]1C[C@@H](O)CN1. The molecule has 1 fully saturated rings. The summed E-state index contributed by atoms with van der Waals surface area (Å²) in [5.41, 5.74) is -0.602. The summed E-state index contributed by atoms with van der Waals surface area (Å²) in [6.07, 6.45) is -1.33. The molecule has 5 heteroatoms. The van der Waals surface area contributed by atoms with E-state index in [-0.39, 0.29) is 0 Å². The lowest BCUT2D eigenvalue weighted by atomic mass is 10.1. The number of hydrogen-bond acceptors (Lipinski definition) is 5. The molecular weight excluding hydrogens is 198 g/mol. The Morgan fingerprint density at radius 3 is 2.53 bits per heavy atom. The third kappa shape index (κ3) is 3.77. The van der Waals surface area contributed by atoms with Gasteiger partial charge in [0.15, 0.2) is 6.10 Å². The predicted octanol–water partition coefficient (Wildman–Crippen LogP) is -0.588. The lowest BCUT2D eigenvalue weighted by molar-refractivity contribution is -0.166. The Morgan fingerprint density at radius 2 is 2.13 bits per heavy atom. The fourth-order valence-electron chi connectivity index (χ4n) is 1.51. The largest absolute Gasteiger partial charge is 0.458 e. The van der Waals surface area contributed by atoms with Gasteiger partial charge in [0.05, 0.1) is 6.10 Å². The summed E-state index contributed by atoms with van der Waals surface area (Å²) >= 11 is 0. The number of carbonyl (C=O) groups is 1. The molecule has 15 heavy (non-hydrogen) atoms. The second-order valence-electron chi connectivity index (χ2n) is 4.88. The van der Waals surface area contributed by atoms with Crippen molar-refractivity contribution in [1.82, 2.24) is 5.32 Å². The number of esters is 1. The van der Waals surface area contributed by atoms with E-state index < -0.39 is 29.8 Å². The van der Waals surface area contributed by atoms with Gasteiger partial charge in [0, 0.05) is 12.6 Å². The van der Waals surface area contributed by atoms with Crippen LogP contribution in [0.5, 0.6) is 0 Å². The Morgan fingerprint density at radius 1 is 1.53 bits per heavy atom. The first-order valence-corrected chi connectivity index (χ1v) is 5.12. The van der Waals surface area contributed by atoms with Gasteiger partial charge in [0.25, 0.3) is 0 Å². The van der Waals surface area contributed by atoms with Crippen molar-refractivity contribution >= 4 is 5.97 Å². The van der Waals surface area contributed by atoms with Crippen LogP contribution in [-0.4, -0.2) is 46.6 Å². The van der Waals surface area contributed by atoms with E-state index in [1.165, 1.54) is 0 Å². The van der Waals surface area contributed by atoms with Crippen LogP contribution in [0.3, 0.4) is 0 Å². The Bertz CT molecular complexity index is 236. The number of nitrogens with one attached hydrogen (secondary N) is 1. The Balaban J connectivity index is 2.46. The molecule has 0 spiro atoms. The van der Waals surface area contributed by atoms with Crippen molar-refractivity contribution in [2.24, 2.45) is 0 Å². The highest BCUT2D eigenvalue weighted by Gasteiger charge is 2.34. The maximum atomic E-state index is 11.5. The molecule has 0 radical (unpaired) electrons. The first kappa shape index (κ1) is 12.4. The molecule has 5 nitrogen and oxygen atoms in total.